The van der Waals surface area contributed by atoms with Gasteiger partial charge in [0.15, 0.2) is 5.82 Å². The fraction of sp³-hybridized carbons (Fsp3) is 0.186. The Hall–Kier alpha value is -14.0. The predicted molar refractivity (Wildman–Crippen MR) is 585 cm³/mol. The van der Waals surface area contributed by atoms with Gasteiger partial charge in [-0.2, -0.15) is 11.2 Å². The standard InChI is InChI=1S/C28H29N2.2C26H22N3.C25H24N2.C24H22N3.4Ir/c1-19(2)24-15-10-16-25(20(3)4)27(24)30-18-26(23-14-9-11-21(5)17-23)29-28(30)22-12-7-6-8-13-22;1-17-10-9-13-22(16-17)23-26(27-5)29(24-19(3)14-18(2)15-20(24)4)25(28-23)21-11-7-6-8-12-21;1-5-20-11-7-10-19(3)25(20)29-17-24(21-12-6-9-18(2)15-21)28-26(29)22-13-8-14-23(16-22)27-4;1-17-9-8-12-22(15-17)23-16-27(24-19(3)13-18(2)14-20(24)4)25(26-23)21-10-6-5-7-11-21;1-16-9-8-12-21(15-16)23-25-24(20-10-6-5-7-11-20)27(26-23)22-18(3)13-17(2)14-19(22)4;;;;/h6-12,14-20H,1-5H3;6-11,13-16H,1-4H3;6-12,14-17H,5H2,1-3H3;5-10,12-16,23H,1-4H3;5-10,12-15H,1-4H3;;;;/q3*-1;;-1;;;;. The van der Waals surface area contributed by atoms with Crippen molar-refractivity contribution >= 4 is 29.2 Å². The molecule has 1 unspecified atom stereocenters. The van der Waals surface area contributed by atoms with E-state index in [4.69, 9.17) is 43.2 Å². The summed E-state index contributed by atoms with van der Waals surface area (Å²) in [4.78, 5) is 32.6. The van der Waals surface area contributed by atoms with Crippen LogP contribution < -0.4 is 0 Å². The van der Waals surface area contributed by atoms with Crippen LogP contribution in [-0.2, 0) is 86.8 Å². The van der Waals surface area contributed by atoms with Crippen LogP contribution in [0.2, 0.25) is 0 Å². The fourth-order valence-electron chi connectivity index (χ4n) is 19.2. The van der Waals surface area contributed by atoms with Crippen LogP contribution in [0.15, 0.2) is 327 Å². The molecule has 5 heterocycles. The van der Waals surface area contributed by atoms with Crippen LogP contribution in [0, 0.1) is 147 Å². The molecule has 740 valence electrons. The molecule has 0 spiro atoms. The minimum absolute atomic E-state index is 0. The van der Waals surface area contributed by atoms with Crippen molar-refractivity contribution in [3.8, 4) is 113 Å². The largest absolute Gasteiger partial charge is 0.362 e. The van der Waals surface area contributed by atoms with E-state index in [1.54, 1.807) is 12.1 Å². The Morgan fingerprint density at radius 1 is 0.349 bits per heavy atom. The van der Waals surface area contributed by atoms with Gasteiger partial charge in [-0.15, -0.1) is 161 Å². The van der Waals surface area contributed by atoms with Gasteiger partial charge in [0, 0.05) is 126 Å². The third-order valence-corrected chi connectivity index (χ3v) is 25.4. The number of hydrogen-bond acceptors (Lipinski definition) is 6. The summed E-state index contributed by atoms with van der Waals surface area (Å²) in [6.45, 7) is 58.3. The number of aromatic nitrogens is 9. The van der Waals surface area contributed by atoms with Gasteiger partial charge >= 0.3 is 0 Å². The van der Waals surface area contributed by atoms with Gasteiger partial charge in [0.2, 0.25) is 11.9 Å². The second kappa shape index (κ2) is 50.2. The van der Waals surface area contributed by atoms with E-state index >= 15 is 0 Å². The van der Waals surface area contributed by atoms with Gasteiger partial charge in [-0.3, -0.25) is 34.0 Å². The summed E-state index contributed by atoms with van der Waals surface area (Å²) in [5, 5.41) is 4.91. The molecule has 0 saturated carbocycles. The molecular weight excluding hydrogens is 2500 g/mol. The molecule has 20 rings (SSSR count). The van der Waals surface area contributed by atoms with Gasteiger partial charge < -0.3 is 14.0 Å². The average molecular weight is 2620 g/mol. The monoisotopic (exact) mass is 2620 g/mol. The van der Waals surface area contributed by atoms with Crippen LogP contribution in [0.5, 0.6) is 0 Å². The van der Waals surface area contributed by atoms with Gasteiger partial charge in [-0.1, -0.05) is 273 Å². The molecule has 1 aliphatic heterocycles. The van der Waals surface area contributed by atoms with Crippen molar-refractivity contribution in [2.24, 2.45) is 4.99 Å². The number of hydrogen-bond donors (Lipinski definition) is 0. The summed E-state index contributed by atoms with van der Waals surface area (Å²) in [6, 6.07) is 122. The van der Waals surface area contributed by atoms with Crippen LogP contribution >= 0.6 is 0 Å². The topological polar surface area (TPSA) is 108 Å². The van der Waals surface area contributed by atoms with E-state index in [-0.39, 0.29) is 86.5 Å². The first-order valence-electron chi connectivity index (χ1n) is 48.6. The first-order valence-corrected chi connectivity index (χ1v) is 48.6. The van der Waals surface area contributed by atoms with E-state index in [1.165, 1.54) is 100 Å². The van der Waals surface area contributed by atoms with Crippen LogP contribution in [0.3, 0.4) is 0 Å². The number of aliphatic imine (C=N–C) groups is 1. The molecule has 1 atom stereocenters. The van der Waals surface area contributed by atoms with Crippen LogP contribution in [0.25, 0.3) is 123 Å². The van der Waals surface area contributed by atoms with Crippen molar-refractivity contribution in [3.05, 3.63) is 486 Å². The quantitative estimate of drug-likeness (QED) is 0.0628. The molecule has 17 heteroatoms. The van der Waals surface area contributed by atoms with E-state index in [0.29, 0.717) is 29.0 Å². The first-order chi connectivity index (χ1) is 68.6. The SMILES string of the molecule is Cc1cccc(-c2cn(-c3c(C(C)C)cccc3C(C)C)c(-c3[c-]cccc3)n2)c1.Cc1cccc(-c2nc(-c3[c-]cccc3)n(-c3c(C)cc(C)cc3C)n2)c1.Cc1cccc(C2C=[N+](c3c(C)cc(C)cc3C)C(c3[c-]cccc3)=N2)c1.[C-]#[N+]c1c(-c2cccc(C)c2)nc(-c2[c-]cccc2)n1-c1c(C)cc(C)cc1C.[C-]#[N+]c1cc[c-]c(-c2nc(-c3cccc(C)c3)cn2-c2c(C)cccc2CC)c1.[Ir].[Ir].[Ir].[Ir]. The van der Waals surface area contributed by atoms with E-state index in [1.807, 2.05) is 112 Å². The molecule has 0 amide bonds. The Balaban J connectivity index is 0.000000161. The summed E-state index contributed by atoms with van der Waals surface area (Å²) in [5.41, 5.74) is 41.0. The second-order valence-electron chi connectivity index (χ2n) is 37.6. The minimum Gasteiger partial charge on any atom is -0.362 e. The van der Waals surface area contributed by atoms with Gasteiger partial charge in [-0.25, -0.2) is 4.58 Å². The molecule has 0 fully saturated rings. The van der Waals surface area contributed by atoms with Gasteiger partial charge in [0.05, 0.1) is 46.8 Å². The maximum atomic E-state index is 7.99. The Kier molecular flexibility index (Phi) is 38.1. The van der Waals surface area contributed by atoms with Crippen molar-refractivity contribution in [2.45, 2.75) is 163 Å². The maximum Gasteiger partial charge on any atom is 0.253 e. The Morgan fingerprint density at radius 3 is 1.25 bits per heavy atom. The molecule has 4 radical (unpaired) electrons. The summed E-state index contributed by atoms with van der Waals surface area (Å²) in [7, 11) is 0. The molecule has 13 nitrogen and oxygen atoms in total. The number of para-hydroxylation sites is 2. The number of aryl methyl sites for hydroxylation is 16. The second-order valence-corrected chi connectivity index (χ2v) is 37.6. The molecule has 0 aliphatic carbocycles. The zero-order valence-electron chi connectivity index (χ0n) is 86.3. The first kappa shape index (κ1) is 111. The molecule has 4 aromatic heterocycles. The van der Waals surface area contributed by atoms with E-state index in [2.05, 4.69) is 405 Å². The third kappa shape index (κ3) is 25.4. The van der Waals surface area contributed by atoms with E-state index in [9.17, 15) is 0 Å². The fourth-order valence-corrected chi connectivity index (χ4v) is 19.2. The molecule has 0 N–H and O–H groups in total. The van der Waals surface area contributed by atoms with Gasteiger partial charge in [0.25, 0.3) is 5.82 Å². The van der Waals surface area contributed by atoms with Crippen molar-refractivity contribution < 1.29 is 85.0 Å². The van der Waals surface area contributed by atoms with Crippen molar-refractivity contribution in [3.63, 3.8) is 0 Å². The molecular formula is C129H119Ir4N13-4. The Bertz CT molecular complexity index is 7880. The predicted octanol–water partition coefficient (Wildman–Crippen LogP) is 32.4. The summed E-state index contributed by atoms with van der Waals surface area (Å²) >= 11 is 0. The number of amidine groups is 1. The zero-order chi connectivity index (χ0) is 100. The molecule has 0 saturated heterocycles. The van der Waals surface area contributed by atoms with Crippen molar-refractivity contribution in [1.29, 1.82) is 0 Å². The van der Waals surface area contributed by atoms with Crippen molar-refractivity contribution in [2.75, 3.05) is 0 Å². The molecule has 19 aromatic rings. The number of imidazole rings is 3. The molecule has 15 aromatic carbocycles. The third-order valence-electron chi connectivity index (χ3n) is 25.4. The smallest absolute Gasteiger partial charge is 0.253 e. The summed E-state index contributed by atoms with van der Waals surface area (Å²) in [5.74, 6) is 6.32. The number of nitrogens with zero attached hydrogens (tertiary/aromatic N) is 13. The number of rotatable bonds is 18. The van der Waals surface area contributed by atoms with E-state index in [0.717, 1.165) is 137 Å². The normalized spacial score (nSPS) is 11.6. The molecule has 146 heavy (non-hydrogen) atoms. The van der Waals surface area contributed by atoms with E-state index < -0.39 is 0 Å². The average Bonchev–Trinajstić information content (AvgIpc) is 1.58. The van der Waals surface area contributed by atoms with Gasteiger partial charge in [-0.05, 0) is 202 Å². The van der Waals surface area contributed by atoms with Crippen molar-refractivity contribution in [1.82, 2.24) is 43.4 Å². The van der Waals surface area contributed by atoms with Crippen LogP contribution in [-0.4, -0.2) is 60.0 Å². The molecule has 1 aliphatic rings. The minimum atomic E-state index is 0. The Morgan fingerprint density at radius 2 is 0.774 bits per heavy atom. The summed E-state index contributed by atoms with van der Waals surface area (Å²) < 4.78 is 10.7. The van der Waals surface area contributed by atoms with Crippen LogP contribution in [0.4, 0.5) is 17.2 Å². The zero-order valence-corrected chi connectivity index (χ0v) is 95.8. The molecule has 0 bridgehead atoms. The number of benzene rings is 15. The Labute approximate surface area is 917 Å². The van der Waals surface area contributed by atoms with Crippen LogP contribution in [0.1, 0.15) is 164 Å². The summed E-state index contributed by atoms with van der Waals surface area (Å²) in [6.07, 6.45) is 7.46. The van der Waals surface area contributed by atoms with Gasteiger partial charge in [0.1, 0.15) is 29.1 Å². The maximum absolute atomic E-state index is 7.99.